The lowest BCUT2D eigenvalue weighted by Crippen LogP contribution is -2.00. The lowest BCUT2D eigenvalue weighted by Gasteiger charge is -2.06. The highest BCUT2D eigenvalue weighted by Crippen LogP contribution is 2.28. The highest BCUT2D eigenvalue weighted by Gasteiger charge is 2.12. The topological polar surface area (TPSA) is 83.8 Å². The Morgan fingerprint density at radius 1 is 1.56 bits per heavy atom. The molecule has 1 aromatic carbocycles. The van der Waals surface area contributed by atoms with E-state index in [4.69, 9.17) is 0 Å². The number of aromatic amines is 1. The molecule has 0 aliphatic rings. The maximum Gasteiger partial charge on any atom is 0.285 e. The fourth-order valence-corrected chi connectivity index (χ4v) is 1.91. The molecule has 2 N–H and O–H groups in total. The van der Waals surface area contributed by atoms with E-state index in [-0.39, 0.29) is 5.69 Å². The number of hydrogen-bond acceptors (Lipinski definition) is 4. The molecule has 0 atom stereocenters. The summed E-state index contributed by atoms with van der Waals surface area (Å²) < 4.78 is 0.470. The number of nitro groups is 1. The lowest BCUT2D eigenvalue weighted by molar-refractivity contribution is -0.385. The number of rotatable bonds is 4. The zero-order valence-corrected chi connectivity index (χ0v) is 11.2. The van der Waals surface area contributed by atoms with Crippen LogP contribution in [0.5, 0.6) is 0 Å². The predicted molar refractivity (Wildman–Crippen MR) is 71.4 cm³/mol. The van der Waals surface area contributed by atoms with Crippen LogP contribution in [0.4, 0.5) is 11.4 Å². The Balaban J connectivity index is 2.13. The lowest BCUT2D eigenvalue weighted by atomic mass is 10.2. The zero-order valence-electron chi connectivity index (χ0n) is 9.61. The normalized spacial score (nSPS) is 10.3. The van der Waals surface area contributed by atoms with Crippen molar-refractivity contribution in [3.63, 3.8) is 0 Å². The number of nitro benzene ring substituents is 1. The van der Waals surface area contributed by atoms with Crippen LogP contribution in [-0.2, 0) is 6.54 Å². The standard InChI is InChI=1S/C11H11BrN4O2/c1-7-8(6-14-15-7)5-13-9-2-3-10(12)11(4-9)16(17)18/h2-4,6,13H,5H2,1H3,(H,14,15). The van der Waals surface area contributed by atoms with Crippen molar-refractivity contribution in [2.75, 3.05) is 5.32 Å². The second kappa shape index (κ2) is 5.18. The Labute approximate surface area is 112 Å². The monoisotopic (exact) mass is 310 g/mol. The number of benzene rings is 1. The molecule has 0 fully saturated rings. The van der Waals surface area contributed by atoms with E-state index in [0.29, 0.717) is 16.7 Å². The Morgan fingerprint density at radius 3 is 2.94 bits per heavy atom. The van der Waals surface area contributed by atoms with Crippen LogP contribution in [0.3, 0.4) is 0 Å². The predicted octanol–water partition coefficient (Wildman–Crippen LogP) is 3.00. The Hall–Kier alpha value is -1.89. The zero-order chi connectivity index (χ0) is 13.1. The highest BCUT2D eigenvalue weighted by atomic mass is 79.9. The summed E-state index contributed by atoms with van der Waals surface area (Å²) in [6.07, 6.45) is 1.73. The van der Waals surface area contributed by atoms with Gasteiger partial charge in [0, 0.05) is 29.6 Å². The van der Waals surface area contributed by atoms with Gasteiger partial charge >= 0.3 is 0 Å². The Kier molecular flexibility index (Phi) is 3.61. The first-order valence-electron chi connectivity index (χ1n) is 5.24. The molecule has 0 radical (unpaired) electrons. The molecule has 0 unspecified atom stereocenters. The molecule has 6 nitrogen and oxygen atoms in total. The average molecular weight is 311 g/mol. The van der Waals surface area contributed by atoms with Gasteiger partial charge < -0.3 is 5.32 Å². The van der Waals surface area contributed by atoms with Gasteiger partial charge in [-0.2, -0.15) is 5.10 Å². The van der Waals surface area contributed by atoms with Gasteiger partial charge in [-0.25, -0.2) is 0 Å². The van der Waals surface area contributed by atoms with Crippen molar-refractivity contribution in [3.8, 4) is 0 Å². The second-order valence-corrected chi connectivity index (χ2v) is 4.65. The molecule has 0 aliphatic carbocycles. The van der Waals surface area contributed by atoms with Gasteiger partial charge in [0.15, 0.2) is 0 Å². The summed E-state index contributed by atoms with van der Waals surface area (Å²) >= 11 is 3.15. The molecule has 2 rings (SSSR count). The van der Waals surface area contributed by atoms with Crippen molar-refractivity contribution in [1.29, 1.82) is 0 Å². The van der Waals surface area contributed by atoms with Crippen LogP contribution in [0, 0.1) is 17.0 Å². The highest BCUT2D eigenvalue weighted by molar-refractivity contribution is 9.10. The Bertz CT molecular complexity index is 582. The van der Waals surface area contributed by atoms with Crippen molar-refractivity contribution in [2.45, 2.75) is 13.5 Å². The molecule has 0 saturated heterocycles. The summed E-state index contributed by atoms with van der Waals surface area (Å²) in [5.74, 6) is 0. The van der Waals surface area contributed by atoms with Crippen LogP contribution in [-0.4, -0.2) is 15.1 Å². The fraction of sp³-hybridized carbons (Fsp3) is 0.182. The van der Waals surface area contributed by atoms with E-state index in [1.54, 1.807) is 18.3 Å². The van der Waals surface area contributed by atoms with Crippen molar-refractivity contribution >= 4 is 27.3 Å². The molecule has 0 amide bonds. The van der Waals surface area contributed by atoms with Crippen molar-refractivity contribution in [3.05, 3.63) is 50.2 Å². The van der Waals surface area contributed by atoms with Crippen LogP contribution >= 0.6 is 15.9 Å². The van der Waals surface area contributed by atoms with E-state index in [1.807, 2.05) is 6.92 Å². The van der Waals surface area contributed by atoms with Gasteiger partial charge in [-0.1, -0.05) is 0 Å². The molecule has 2 aromatic rings. The van der Waals surface area contributed by atoms with E-state index >= 15 is 0 Å². The number of nitrogens with zero attached hydrogens (tertiary/aromatic N) is 2. The van der Waals surface area contributed by atoms with Crippen LogP contribution in [0.1, 0.15) is 11.3 Å². The summed E-state index contributed by atoms with van der Waals surface area (Å²) in [5, 5.41) is 20.7. The first-order chi connectivity index (χ1) is 8.58. The first-order valence-corrected chi connectivity index (χ1v) is 6.04. The maximum absolute atomic E-state index is 10.8. The van der Waals surface area contributed by atoms with Crippen LogP contribution in [0.15, 0.2) is 28.9 Å². The van der Waals surface area contributed by atoms with Gasteiger partial charge in [-0.3, -0.25) is 15.2 Å². The van der Waals surface area contributed by atoms with E-state index < -0.39 is 4.92 Å². The minimum Gasteiger partial charge on any atom is -0.381 e. The van der Waals surface area contributed by atoms with E-state index in [2.05, 4.69) is 31.4 Å². The summed E-state index contributed by atoms with van der Waals surface area (Å²) in [6, 6.07) is 4.94. The minimum absolute atomic E-state index is 0.0453. The minimum atomic E-state index is -0.418. The molecule has 18 heavy (non-hydrogen) atoms. The number of aromatic nitrogens is 2. The van der Waals surface area contributed by atoms with Crippen molar-refractivity contribution < 1.29 is 4.92 Å². The van der Waals surface area contributed by atoms with Crippen molar-refractivity contribution in [2.24, 2.45) is 0 Å². The number of nitrogens with one attached hydrogen (secondary N) is 2. The number of anilines is 1. The molecule has 7 heteroatoms. The third kappa shape index (κ3) is 2.67. The van der Waals surface area contributed by atoms with Gasteiger partial charge in [0.05, 0.1) is 15.6 Å². The van der Waals surface area contributed by atoms with Crippen LogP contribution < -0.4 is 5.32 Å². The van der Waals surface area contributed by atoms with Gasteiger partial charge in [-0.05, 0) is 35.0 Å². The average Bonchev–Trinajstić information content (AvgIpc) is 2.73. The third-order valence-corrected chi connectivity index (χ3v) is 3.23. The molecular formula is C11H11BrN4O2. The SMILES string of the molecule is Cc1[nH]ncc1CNc1ccc(Br)c([N+](=O)[O-])c1. The fourth-order valence-electron chi connectivity index (χ4n) is 1.51. The molecule has 1 heterocycles. The van der Waals surface area contributed by atoms with Gasteiger partial charge in [0.25, 0.3) is 5.69 Å². The number of H-pyrrole nitrogens is 1. The summed E-state index contributed by atoms with van der Waals surface area (Å²) in [4.78, 5) is 10.4. The van der Waals surface area contributed by atoms with Crippen molar-refractivity contribution in [1.82, 2.24) is 10.2 Å². The molecule has 0 bridgehead atoms. The number of halogens is 1. The van der Waals surface area contributed by atoms with Crippen LogP contribution in [0.2, 0.25) is 0 Å². The second-order valence-electron chi connectivity index (χ2n) is 3.80. The molecule has 0 spiro atoms. The molecule has 0 aliphatic heterocycles. The molecule has 1 aromatic heterocycles. The van der Waals surface area contributed by atoms with Gasteiger partial charge in [0.1, 0.15) is 0 Å². The summed E-state index contributed by atoms with van der Waals surface area (Å²) in [7, 11) is 0. The van der Waals surface area contributed by atoms with E-state index in [1.165, 1.54) is 6.07 Å². The number of hydrogen-bond donors (Lipinski definition) is 2. The maximum atomic E-state index is 10.8. The smallest absolute Gasteiger partial charge is 0.285 e. The molecule has 94 valence electrons. The quantitative estimate of drug-likeness (QED) is 0.671. The third-order valence-electron chi connectivity index (χ3n) is 2.56. The van der Waals surface area contributed by atoms with E-state index in [0.717, 1.165) is 11.3 Å². The summed E-state index contributed by atoms with van der Waals surface area (Å²) in [5.41, 5.74) is 2.75. The molecular weight excluding hydrogens is 300 g/mol. The first kappa shape index (κ1) is 12.6. The van der Waals surface area contributed by atoms with Gasteiger partial charge in [-0.15, -0.1) is 0 Å². The Morgan fingerprint density at radius 2 is 2.33 bits per heavy atom. The molecule has 0 saturated carbocycles. The van der Waals surface area contributed by atoms with Crippen LogP contribution in [0.25, 0.3) is 0 Å². The number of aryl methyl sites for hydroxylation is 1. The summed E-state index contributed by atoms with van der Waals surface area (Å²) in [6.45, 7) is 2.50. The van der Waals surface area contributed by atoms with E-state index in [9.17, 15) is 10.1 Å². The largest absolute Gasteiger partial charge is 0.381 e. The van der Waals surface area contributed by atoms with Gasteiger partial charge in [0.2, 0.25) is 0 Å².